The molecule has 1 atom stereocenters. The van der Waals surface area contributed by atoms with Gasteiger partial charge in [-0.05, 0) is 11.1 Å². The highest BCUT2D eigenvalue weighted by molar-refractivity contribution is 8.23. The summed E-state index contributed by atoms with van der Waals surface area (Å²) in [5.74, 6) is -14.5. The Morgan fingerprint density at radius 3 is 1.32 bits per heavy atom. The lowest BCUT2D eigenvalue weighted by molar-refractivity contribution is -0.189. The number of benzene rings is 6. The lowest BCUT2D eigenvalue weighted by Gasteiger charge is -2.20. The normalized spacial score (nSPS) is 12.1. The Morgan fingerprint density at radius 1 is 0.592 bits per heavy atom. The van der Waals surface area contributed by atoms with Crippen molar-refractivity contribution in [2.45, 2.75) is 31.3 Å². The Hall–Kier alpha value is -5.79. The predicted octanol–water partition coefficient (Wildman–Crippen LogP) is 11.4. The minimum atomic E-state index is -6.09. The Morgan fingerprint density at radius 2 is 0.958 bits per heavy atom. The quantitative estimate of drug-likeness (QED) is 0.0272. The Bertz CT molecular complexity index is 2760. The van der Waals surface area contributed by atoms with Crippen LogP contribution in [0.25, 0.3) is 0 Å². The molecule has 0 saturated heterocycles. The minimum Gasteiger partial charge on any atom is -0.741 e. The summed E-state index contributed by atoms with van der Waals surface area (Å²) >= 11 is 3.04. The monoisotopic (exact) mass is 1100 g/mol. The number of thioether (sulfide) groups is 1. The van der Waals surface area contributed by atoms with Gasteiger partial charge in [0, 0.05) is 60.7 Å². The number of alkyl halides is 5. The van der Waals surface area contributed by atoms with Crippen molar-refractivity contribution in [2.24, 2.45) is 0 Å². The summed E-state index contributed by atoms with van der Waals surface area (Å²) in [5.41, 5.74) is -5.73. The van der Waals surface area contributed by atoms with Crippen LogP contribution in [-0.4, -0.2) is 44.8 Å². The van der Waals surface area contributed by atoms with E-state index in [9.17, 15) is 65.9 Å². The summed E-state index contributed by atoms with van der Waals surface area (Å²) in [5, 5.41) is 8.47. The molecule has 0 radical (unpaired) electrons. The van der Waals surface area contributed by atoms with Crippen molar-refractivity contribution in [1.82, 2.24) is 0 Å². The van der Waals surface area contributed by atoms with E-state index >= 15 is 0 Å². The van der Waals surface area contributed by atoms with Gasteiger partial charge in [-0.15, -0.1) is 0 Å². The predicted molar refractivity (Wildman–Crippen MR) is 237 cm³/mol. The van der Waals surface area contributed by atoms with Crippen molar-refractivity contribution in [3.63, 3.8) is 0 Å². The minimum absolute atomic E-state index is 0. The molecule has 1 heterocycles. The van der Waals surface area contributed by atoms with Gasteiger partial charge in [-0.25, -0.2) is 52.3 Å². The van der Waals surface area contributed by atoms with Crippen LogP contribution in [0.4, 0.5) is 65.9 Å². The molecule has 6 aromatic carbocycles. The van der Waals surface area contributed by atoms with E-state index in [1.54, 1.807) is 30.3 Å². The summed E-state index contributed by atoms with van der Waals surface area (Å²) < 4.78 is 235. The molecule has 0 fully saturated rings. The second kappa shape index (κ2) is 27.1. The van der Waals surface area contributed by atoms with Crippen LogP contribution in [0.3, 0.4) is 0 Å². The average Bonchev–Trinajstić information content (AvgIpc) is 3.26. The molecule has 1 aliphatic rings. The highest BCUT2D eigenvalue weighted by Crippen LogP contribution is 2.37. The first-order valence-electron chi connectivity index (χ1n) is 18.8. The molecule has 0 aliphatic carbocycles. The zero-order valence-corrected chi connectivity index (χ0v) is 39.3. The zero-order chi connectivity index (χ0) is 51.3. The van der Waals surface area contributed by atoms with Gasteiger partial charge >= 0.3 is 11.6 Å². The summed E-state index contributed by atoms with van der Waals surface area (Å²) in [6, 6.07) is 22.9. The topological polar surface area (TPSA) is 137 Å². The first-order valence-corrected chi connectivity index (χ1v) is 22.2. The highest BCUT2D eigenvalue weighted by atomic mass is 32.2. The van der Waals surface area contributed by atoms with E-state index < -0.39 is 97.0 Å². The summed E-state index contributed by atoms with van der Waals surface area (Å²) in [6.07, 6.45) is -3.58. The summed E-state index contributed by atoms with van der Waals surface area (Å²) in [7, 11) is -6.09. The molecule has 7 rings (SSSR count). The van der Waals surface area contributed by atoms with Crippen molar-refractivity contribution in [3.8, 4) is 23.0 Å². The molecule has 0 amide bonds. The van der Waals surface area contributed by atoms with Gasteiger partial charge in [0.2, 0.25) is 0 Å². The number of halogens is 15. The molecule has 27 heteroatoms. The Labute approximate surface area is 405 Å². The van der Waals surface area contributed by atoms with Crippen molar-refractivity contribution in [3.05, 3.63) is 190 Å². The lowest BCUT2D eigenvalue weighted by Crippen LogP contribution is -2.25. The SMILES string of the molecule is Fc1cc(OC(F)(F)c2c(F)cc(OCc3ccccc3)cc2F)cc(F)c1F.Fc1cc(OCc2ccccc2)cc(F)c1C1=[S+]CCCS1.O.O=S(=O)([O-])C(F)(F)F.Oc1cc(F)c(F)c(F)c1.P. The van der Waals surface area contributed by atoms with Crippen molar-refractivity contribution in [2.75, 3.05) is 11.5 Å². The number of ether oxygens (including phenoxy) is 3. The molecule has 0 saturated carbocycles. The number of phenols is 1. The fourth-order valence-electron chi connectivity index (χ4n) is 5.13. The third-order valence-electron chi connectivity index (χ3n) is 8.23. The molecule has 0 aromatic heterocycles. The maximum Gasteiger partial charge on any atom is 0.485 e. The van der Waals surface area contributed by atoms with Gasteiger partial charge < -0.3 is 29.3 Å². The van der Waals surface area contributed by atoms with Gasteiger partial charge in [0.05, 0.1) is 0 Å². The van der Waals surface area contributed by atoms with E-state index in [0.29, 0.717) is 36.4 Å². The largest absolute Gasteiger partial charge is 0.741 e. The number of aromatic hydroxyl groups is 1. The van der Waals surface area contributed by atoms with Gasteiger partial charge in [0.15, 0.2) is 62.1 Å². The van der Waals surface area contributed by atoms with Crippen molar-refractivity contribution < 1.29 is 104 Å². The van der Waals surface area contributed by atoms with Gasteiger partial charge in [-0.3, -0.25) is 0 Å². The third kappa shape index (κ3) is 18.4. The van der Waals surface area contributed by atoms with E-state index in [4.69, 9.17) is 27.6 Å². The maximum atomic E-state index is 14.3. The number of hydrogen-bond acceptors (Lipinski definition) is 8. The Kier molecular flexibility index (Phi) is 23.5. The van der Waals surface area contributed by atoms with Crippen molar-refractivity contribution >= 4 is 47.3 Å². The van der Waals surface area contributed by atoms with E-state index in [2.05, 4.69) is 4.74 Å². The number of phenolic OH excluding ortho intramolecular Hbond substituents is 1. The van der Waals surface area contributed by atoms with Crippen LogP contribution >= 0.6 is 21.7 Å². The van der Waals surface area contributed by atoms with Crippen LogP contribution in [0.2, 0.25) is 0 Å². The van der Waals surface area contributed by atoms with Gasteiger partial charge in [-0.2, -0.15) is 31.9 Å². The summed E-state index contributed by atoms with van der Waals surface area (Å²) in [6.45, 7) is 0.221. The second-order valence-corrected chi connectivity index (χ2v) is 17.2. The fourth-order valence-corrected chi connectivity index (χ4v) is 7.77. The first-order chi connectivity index (χ1) is 32.3. The fraction of sp³-hybridized carbons (Fsp3) is 0.159. The molecule has 1 aliphatic heterocycles. The molecule has 71 heavy (non-hydrogen) atoms. The third-order valence-corrected chi connectivity index (χ3v) is 11.4. The maximum absolute atomic E-state index is 14.3. The molecule has 1 unspecified atom stereocenters. The molecular weight excluding hydrogens is 1070 g/mol. The Balaban J connectivity index is 0.000000361. The van der Waals surface area contributed by atoms with Crippen LogP contribution in [0.15, 0.2) is 109 Å². The van der Waals surface area contributed by atoms with E-state index in [0.717, 1.165) is 27.7 Å². The first kappa shape index (κ1) is 61.3. The van der Waals surface area contributed by atoms with Crippen LogP contribution < -0.4 is 14.2 Å². The standard InChI is InChI=1S/C20H11F7O2.C17H15F2OS2.C6H3F3O.CHF3O3S.H2O.H3P/c21-14-6-12(28-10-11-4-2-1-3-5-11)7-15(22)18(14)20(26,27)29-13-8-16(23)19(25)17(24)9-13;18-14-9-13(20-11-12-5-2-1-3-6-12)10-15(19)16(14)17-21-7-4-8-22-17;7-4-1-3(10)2-5(8)6(4)9;2-1(3,4)8(5,6)7;;/h1-9H,10H2;1-3,5-6,9-10H,4,7-8,11H2;1-2,10H;(H,5,6,7);1H2;1H3/q;+1;;;;/p-1. The molecule has 386 valence electrons. The molecular formula is C44H34F15O8PS3. The van der Waals surface area contributed by atoms with Crippen LogP contribution in [-0.2, 0) is 40.8 Å². The molecule has 3 N–H and O–H groups in total. The van der Waals surface area contributed by atoms with E-state index in [1.165, 1.54) is 35.2 Å². The van der Waals surface area contributed by atoms with Crippen molar-refractivity contribution in [1.29, 1.82) is 0 Å². The number of hydrogen-bond donors (Lipinski definition) is 1. The van der Waals surface area contributed by atoms with E-state index in [1.807, 2.05) is 30.3 Å². The smallest absolute Gasteiger partial charge is 0.485 e. The van der Waals surface area contributed by atoms with Crippen LogP contribution in [0, 0.1) is 58.2 Å². The molecule has 0 spiro atoms. The molecule has 0 bridgehead atoms. The number of rotatable bonds is 10. The van der Waals surface area contributed by atoms with E-state index in [-0.39, 0.29) is 51.2 Å². The van der Waals surface area contributed by atoms with Gasteiger partial charge in [0.25, 0.3) is 4.20 Å². The average molecular weight is 1100 g/mol. The van der Waals surface area contributed by atoms with Gasteiger partial charge in [-0.1, -0.05) is 72.4 Å². The lowest BCUT2D eigenvalue weighted by atomic mass is 10.1. The van der Waals surface area contributed by atoms with Crippen LogP contribution in [0.1, 0.15) is 28.7 Å². The second-order valence-electron chi connectivity index (χ2n) is 13.4. The zero-order valence-electron chi connectivity index (χ0n) is 35.4. The molecule has 8 nitrogen and oxygen atoms in total. The van der Waals surface area contributed by atoms with Crippen LogP contribution in [0.5, 0.6) is 23.0 Å². The summed E-state index contributed by atoms with van der Waals surface area (Å²) in [4.78, 5) is 0. The molecule has 6 aromatic rings. The highest BCUT2D eigenvalue weighted by Gasteiger charge is 2.42. The van der Waals surface area contributed by atoms with Gasteiger partial charge in [0.1, 0.15) is 70.6 Å².